The minimum atomic E-state index is -0.353. The second kappa shape index (κ2) is 3.93. The number of thiophene rings is 1. The molecule has 2 heterocycles. The lowest BCUT2D eigenvalue weighted by molar-refractivity contribution is -0.115. The van der Waals surface area contributed by atoms with Gasteiger partial charge in [-0.05, 0) is 25.5 Å². The first-order valence-electron chi connectivity index (χ1n) is 4.88. The number of hydrogen-bond acceptors (Lipinski definition) is 4. The van der Waals surface area contributed by atoms with E-state index in [2.05, 4.69) is 22.4 Å². The van der Waals surface area contributed by atoms with Crippen LogP contribution in [-0.4, -0.2) is 32.2 Å². The summed E-state index contributed by atoms with van der Waals surface area (Å²) in [6, 6.07) is 6.69. The molecule has 4 heteroatoms. The summed E-state index contributed by atoms with van der Waals surface area (Å²) in [6.45, 7) is 1.09. The van der Waals surface area contributed by atoms with Crippen LogP contribution in [0.4, 0.5) is 0 Å². The summed E-state index contributed by atoms with van der Waals surface area (Å²) < 4.78 is 5.21. The average Bonchev–Trinajstić information content (AvgIpc) is 2.62. The summed E-state index contributed by atoms with van der Waals surface area (Å²) >= 11 is 1.70. The van der Waals surface area contributed by atoms with Crippen LogP contribution in [0.15, 0.2) is 17.5 Å². The van der Waals surface area contributed by atoms with Gasteiger partial charge in [0.25, 0.3) is 0 Å². The molecule has 1 fully saturated rings. The van der Waals surface area contributed by atoms with E-state index in [1.807, 2.05) is 20.2 Å². The monoisotopic (exact) mass is 222 g/mol. The van der Waals surface area contributed by atoms with E-state index in [1.54, 1.807) is 11.3 Å². The standard InChI is InChI=1S/C11H14N2OS/c1-13(2)10(9-4-3-5-15-9)11(6-12)7-14-8-11/h3-5,10H,7-8H2,1-2H3. The molecule has 0 radical (unpaired) electrons. The smallest absolute Gasteiger partial charge is 0.124 e. The predicted octanol–water partition coefficient (Wildman–Crippen LogP) is 1.89. The van der Waals surface area contributed by atoms with E-state index >= 15 is 0 Å². The van der Waals surface area contributed by atoms with Gasteiger partial charge in [0.05, 0.1) is 25.3 Å². The molecule has 1 unspecified atom stereocenters. The van der Waals surface area contributed by atoms with Crippen LogP contribution < -0.4 is 0 Å². The molecule has 0 aromatic carbocycles. The van der Waals surface area contributed by atoms with Crippen molar-refractivity contribution in [3.05, 3.63) is 22.4 Å². The predicted molar refractivity (Wildman–Crippen MR) is 59.6 cm³/mol. The van der Waals surface area contributed by atoms with Crippen LogP contribution in [0.25, 0.3) is 0 Å². The molecular weight excluding hydrogens is 208 g/mol. The van der Waals surface area contributed by atoms with Crippen molar-refractivity contribution in [1.29, 1.82) is 5.26 Å². The van der Waals surface area contributed by atoms with E-state index in [1.165, 1.54) is 4.88 Å². The number of hydrogen-bond donors (Lipinski definition) is 0. The van der Waals surface area contributed by atoms with Gasteiger partial charge in [-0.25, -0.2) is 0 Å². The first-order chi connectivity index (χ1) is 7.19. The number of nitriles is 1. The van der Waals surface area contributed by atoms with Gasteiger partial charge in [0.2, 0.25) is 0 Å². The van der Waals surface area contributed by atoms with Crippen LogP contribution in [0.1, 0.15) is 10.9 Å². The molecule has 1 saturated heterocycles. The molecular formula is C11H14N2OS. The Morgan fingerprint density at radius 2 is 2.33 bits per heavy atom. The number of rotatable bonds is 3. The van der Waals surface area contributed by atoms with Gasteiger partial charge in [-0.15, -0.1) is 11.3 Å². The quantitative estimate of drug-likeness (QED) is 0.783. The van der Waals surface area contributed by atoms with Crippen LogP contribution in [0.5, 0.6) is 0 Å². The molecule has 1 aliphatic heterocycles. The molecule has 1 aliphatic rings. The first-order valence-corrected chi connectivity index (χ1v) is 5.76. The molecule has 3 nitrogen and oxygen atoms in total. The van der Waals surface area contributed by atoms with Crippen molar-refractivity contribution in [1.82, 2.24) is 4.90 Å². The summed E-state index contributed by atoms with van der Waals surface area (Å²) in [7, 11) is 4.03. The molecule has 15 heavy (non-hydrogen) atoms. The highest BCUT2D eigenvalue weighted by Gasteiger charge is 2.48. The van der Waals surface area contributed by atoms with E-state index in [9.17, 15) is 5.26 Å². The van der Waals surface area contributed by atoms with Crippen LogP contribution in [-0.2, 0) is 4.74 Å². The van der Waals surface area contributed by atoms with Gasteiger partial charge < -0.3 is 9.64 Å². The van der Waals surface area contributed by atoms with Crippen molar-refractivity contribution in [2.75, 3.05) is 27.3 Å². The van der Waals surface area contributed by atoms with Crippen molar-refractivity contribution in [2.24, 2.45) is 5.41 Å². The molecule has 0 N–H and O–H groups in total. The van der Waals surface area contributed by atoms with Gasteiger partial charge in [0.1, 0.15) is 5.41 Å². The fraction of sp³-hybridized carbons (Fsp3) is 0.545. The number of ether oxygens (including phenoxy) is 1. The summed E-state index contributed by atoms with van der Waals surface area (Å²) in [4.78, 5) is 3.35. The third-order valence-corrected chi connectivity index (χ3v) is 3.72. The molecule has 1 aromatic heterocycles. The van der Waals surface area contributed by atoms with Crippen molar-refractivity contribution >= 4 is 11.3 Å². The minimum absolute atomic E-state index is 0.149. The highest BCUT2D eigenvalue weighted by molar-refractivity contribution is 7.10. The van der Waals surface area contributed by atoms with Gasteiger partial charge >= 0.3 is 0 Å². The van der Waals surface area contributed by atoms with Gasteiger partial charge in [0.15, 0.2) is 0 Å². The zero-order valence-corrected chi connectivity index (χ0v) is 9.75. The average molecular weight is 222 g/mol. The fourth-order valence-electron chi connectivity index (χ4n) is 2.07. The Labute approximate surface area is 93.9 Å². The minimum Gasteiger partial charge on any atom is -0.378 e. The van der Waals surface area contributed by atoms with E-state index in [0.717, 1.165) is 0 Å². The largest absolute Gasteiger partial charge is 0.378 e. The van der Waals surface area contributed by atoms with Crippen LogP contribution >= 0.6 is 11.3 Å². The van der Waals surface area contributed by atoms with Gasteiger partial charge in [-0.1, -0.05) is 6.07 Å². The maximum absolute atomic E-state index is 9.30. The van der Waals surface area contributed by atoms with Crippen molar-refractivity contribution in [3.8, 4) is 6.07 Å². The van der Waals surface area contributed by atoms with Crippen molar-refractivity contribution in [3.63, 3.8) is 0 Å². The molecule has 1 atom stereocenters. The Hall–Kier alpha value is -0.890. The zero-order valence-electron chi connectivity index (χ0n) is 8.93. The molecule has 0 amide bonds. The molecule has 1 aromatic rings. The van der Waals surface area contributed by atoms with E-state index in [0.29, 0.717) is 13.2 Å². The van der Waals surface area contributed by atoms with Gasteiger partial charge in [0, 0.05) is 4.88 Å². The summed E-state index contributed by atoms with van der Waals surface area (Å²) in [5.41, 5.74) is -0.353. The number of nitrogens with zero attached hydrogens (tertiary/aromatic N) is 2. The topological polar surface area (TPSA) is 36.3 Å². The Balaban J connectivity index is 2.32. The lowest BCUT2D eigenvalue weighted by Gasteiger charge is -2.44. The second-order valence-corrected chi connectivity index (χ2v) is 5.12. The summed E-state index contributed by atoms with van der Waals surface area (Å²) in [5, 5.41) is 11.4. The molecule has 0 saturated carbocycles. The highest BCUT2D eigenvalue weighted by Crippen LogP contribution is 2.44. The van der Waals surface area contributed by atoms with E-state index in [-0.39, 0.29) is 11.5 Å². The lowest BCUT2D eigenvalue weighted by Crippen LogP contribution is -2.50. The Kier molecular flexibility index (Phi) is 2.79. The SMILES string of the molecule is CN(C)C(c1cccs1)C1(C#N)COC1. The molecule has 2 rings (SSSR count). The third-order valence-electron chi connectivity index (χ3n) is 2.79. The first kappa shape index (κ1) is 10.6. The molecule has 0 aliphatic carbocycles. The molecule has 0 bridgehead atoms. The highest BCUT2D eigenvalue weighted by atomic mass is 32.1. The Bertz CT molecular complexity index is 362. The fourth-order valence-corrected chi connectivity index (χ4v) is 3.11. The second-order valence-electron chi connectivity index (χ2n) is 4.14. The van der Waals surface area contributed by atoms with E-state index in [4.69, 9.17) is 4.74 Å². The maximum atomic E-state index is 9.30. The van der Waals surface area contributed by atoms with Gasteiger partial charge in [-0.2, -0.15) is 5.26 Å². The van der Waals surface area contributed by atoms with Crippen LogP contribution in [0, 0.1) is 16.7 Å². The third kappa shape index (κ3) is 1.67. The summed E-state index contributed by atoms with van der Waals surface area (Å²) in [5.74, 6) is 0. The Morgan fingerprint density at radius 3 is 2.67 bits per heavy atom. The zero-order chi connectivity index (χ0) is 10.9. The maximum Gasteiger partial charge on any atom is 0.124 e. The molecule has 0 spiro atoms. The van der Waals surface area contributed by atoms with Crippen molar-refractivity contribution in [2.45, 2.75) is 6.04 Å². The van der Waals surface area contributed by atoms with Crippen LogP contribution in [0.3, 0.4) is 0 Å². The normalized spacial score (nSPS) is 20.7. The van der Waals surface area contributed by atoms with Crippen LogP contribution in [0.2, 0.25) is 0 Å². The van der Waals surface area contributed by atoms with Gasteiger partial charge in [-0.3, -0.25) is 0 Å². The van der Waals surface area contributed by atoms with Crippen molar-refractivity contribution < 1.29 is 4.74 Å². The summed E-state index contributed by atoms with van der Waals surface area (Å²) in [6.07, 6.45) is 0. The lowest BCUT2D eigenvalue weighted by atomic mass is 9.78. The Morgan fingerprint density at radius 1 is 1.60 bits per heavy atom. The molecule has 80 valence electrons. The van der Waals surface area contributed by atoms with E-state index < -0.39 is 0 Å².